The summed E-state index contributed by atoms with van der Waals surface area (Å²) in [6.07, 6.45) is 0. The number of hydrogen-bond donors (Lipinski definition) is 2. The average molecular weight is 374 g/mol. The largest absolute Gasteiger partial charge is 0.322 e. The number of nitrogens with zero attached hydrogens (tertiary/aromatic N) is 2. The molecule has 0 radical (unpaired) electrons. The molecular formula is C19H20F2N4O2. The van der Waals surface area contributed by atoms with Crippen LogP contribution >= 0.6 is 0 Å². The molecule has 0 spiro atoms. The second-order valence-corrected chi connectivity index (χ2v) is 6.31. The highest BCUT2D eigenvalue weighted by Gasteiger charge is 2.30. The summed E-state index contributed by atoms with van der Waals surface area (Å²) in [4.78, 5) is 27.8. The molecule has 1 heterocycles. The van der Waals surface area contributed by atoms with Crippen molar-refractivity contribution in [3.05, 3.63) is 60.2 Å². The van der Waals surface area contributed by atoms with Gasteiger partial charge in [-0.3, -0.25) is 0 Å². The third kappa shape index (κ3) is 4.33. The summed E-state index contributed by atoms with van der Waals surface area (Å²) in [7, 11) is 0. The first-order chi connectivity index (χ1) is 13.0. The summed E-state index contributed by atoms with van der Waals surface area (Å²) >= 11 is 0. The van der Waals surface area contributed by atoms with Gasteiger partial charge in [-0.1, -0.05) is 24.3 Å². The zero-order chi connectivity index (χ0) is 19.4. The standard InChI is InChI=1S/C19H20F2N4O2/c1-13-12-24(18(26)22-16-8-4-2-6-14(16)20)10-11-25(13)19(27)23-17-9-5-3-7-15(17)21/h2-9,13H,10-12H2,1H3,(H,22,26)(H,23,27). The molecule has 1 unspecified atom stereocenters. The number of benzene rings is 2. The quantitative estimate of drug-likeness (QED) is 0.841. The fourth-order valence-electron chi connectivity index (χ4n) is 2.95. The van der Waals surface area contributed by atoms with Crippen LogP contribution in [0.4, 0.5) is 29.7 Å². The number of rotatable bonds is 2. The molecule has 1 saturated heterocycles. The number of carbonyl (C=O) groups excluding carboxylic acids is 2. The molecule has 0 aliphatic carbocycles. The van der Waals surface area contributed by atoms with Crippen molar-refractivity contribution in [2.45, 2.75) is 13.0 Å². The number of halogens is 2. The summed E-state index contributed by atoms with van der Waals surface area (Å²) in [5, 5.41) is 5.08. The number of amides is 4. The van der Waals surface area contributed by atoms with E-state index >= 15 is 0 Å². The van der Waals surface area contributed by atoms with Crippen LogP contribution in [0.15, 0.2) is 48.5 Å². The molecular weight excluding hydrogens is 354 g/mol. The smallest absolute Gasteiger partial charge is 0.321 e. The van der Waals surface area contributed by atoms with Crippen LogP contribution in [0.1, 0.15) is 6.92 Å². The van der Waals surface area contributed by atoms with Crippen molar-refractivity contribution in [1.29, 1.82) is 0 Å². The van der Waals surface area contributed by atoms with Crippen LogP contribution in [0, 0.1) is 11.6 Å². The van der Waals surface area contributed by atoms with Gasteiger partial charge in [0.15, 0.2) is 0 Å². The Labute approximate surface area is 155 Å². The summed E-state index contributed by atoms with van der Waals surface area (Å²) in [6, 6.07) is 10.7. The first kappa shape index (κ1) is 18.6. The van der Waals surface area contributed by atoms with Crippen LogP contribution in [0.5, 0.6) is 0 Å². The van der Waals surface area contributed by atoms with Gasteiger partial charge in [-0.15, -0.1) is 0 Å². The normalized spacial score (nSPS) is 16.8. The maximum Gasteiger partial charge on any atom is 0.322 e. The van der Waals surface area contributed by atoms with Crippen molar-refractivity contribution in [1.82, 2.24) is 9.80 Å². The van der Waals surface area contributed by atoms with Crippen LogP contribution in [-0.2, 0) is 0 Å². The second-order valence-electron chi connectivity index (χ2n) is 6.31. The Kier molecular flexibility index (Phi) is 5.54. The van der Waals surface area contributed by atoms with Gasteiger partial charge >= 0.3 is 12.1 Å². The third-order valence-electron chi connectivity index (χ3n) is 4.41. The Morgan fingerprint density at radius 1 is 0.889 bits per heavy atom. The van der Waals surface area contributed by atoms with Crippen LogP contribution in [-0.4, -0.2) is 47.5 Å². The fraction of sp³-hybridized carbons (Fsp3) is 0.263. The monoisotopic (exact) mass is 374 g/mol. The van der Waals surface area contributed by atoms with E-state index in [9.17, 15) is 18.4 Å². The van der Waals surface area contributed by atoms with Gasteiger partial charge in [-0.25, -0.2) is 18.4 Å². The zero-order valence-corrected chi connectivity index (χ0v) is 14.8. The van der Waals surface area contributed by atoms with Crippen LogP contribution in [0.3, 0.4) is 0 Å². The highest BCUT2D eigenvalue weighted by molar-refractivity contribution is 5.91. The minimum absolute atomic E-state index is 0.106. The average Bonchev–Trinajstić information content (AvgIpc) is 2.65. The van der Waals surface area contributed by atoms with Crippen LogP contribution in [0.2, 0.25) is 0 Å². The highest BCUT2D eigenvalue weighted by Crippen LogP contribution is 2.18. The Morgan fingerprint density at radius 3 is 1.93 bits per heavy atom. The van der Waals surface area contributed by atoms with E-state index in [2.05, 4.69) is 10.6 Å². The van der Waals surface area contributed by atoms with Crippen molar-refractivity contribution in [2.75, 3.05) is 30.3 Å². The lowest BCUT2D eigenvalue weighted by atomic mass is 10.2. The molecule has 1 atom stereocenters. The van der Waals surface area contributed by atoms with Gasteiger partial charge in [0.1, 0.15) is 11.6 Å². The van der Waals surface area contributed by atoms with E-state index in [1.54, 1.807) is 36.1 Å². The van der Waals surface area contributed by atoms with Crippen molar-refractivity contribution < 1.29 is 18.4 Å². The molecule has 142 valence electrons. The highest BCUT2D eigenvalue weighted by atomic mass is 19.1. The number of urea groups is 2. The number of anilines is 2. The lowest BCUT2D eigenvalue weighted by molar-refractivity contribution is 0.124. The molecule has 2 aromatic rings. The number of carbonyl (C=O) groups is 2. The third-order valence-corrected chi connectivity index (χ3v) is 4.41. The lowest BCUT2D eigenvalue weighted by Crippen LogP contribution is -2.57. The topological polar surface area (TPSA) is 64.7 Å². The van der Waals surface area contributed by atoms with Crippen molar-refractivity contribution >= 4 is 23.4 Å². The van der Waals surface area contributed by atoms with Gasteiger partial charge < -0.3 is 20.4 Å². The van der Waals surface area contributed by atoms with Crippen LogP contribution < -0.4 is 10.6 Å². The summed E-state index contributed by atoms with van der Waals surface area (Å²) in [5.74, 6) is -1.02. The molecule has 1 aliphatic heterocycles. The zero-order valence-electron chi connectivity index (χ0n) is 14.8. The van der Waals surface area contributed by atoms with Gasteiger partial charge in [0.2, 0.25) is 0 Å². The van der Waals surface area contributed by atoms with Gasteiger partial charge in [0.05, 0.1) is 11.4 Å². The lowest BCUT2D eigenvalue weighted by Gasteiger charge is -2.39. The molecule has 0 bridgehead atoms. The summed E-state index contributed by atoms with van der Waals surface area (Å²) in [6.45, 7) is 2.65. The number of para-hydroxylation sites is 2. The van der Waals surface area contributed by atoms with Gasteiger partial charge in [-0.2, -0.15) is 0 Å². The van der Waals surface area contributed by atoms with Crippen molar-refractivity contribution in [2.24, 2.45) is 0 Å². The van der Waals surface area contributed by atoms with Crippen molar-refractivity contribution in [3.63, 3.8) is 0 Å². The summed E-state index contributed by atoms with van der Waals surface area (Å²) in [5.41, 5.74) is 0.212. The molecule has 3 rings (SSSR count). The first-order valence-electron chi connectivity index (χ1n) is 8.58. The Hall–Kier alpha value is -3.16. The molecule has 0 aromatic heterocycles. The predicted octanol–water partition coefficient (Wildman–Crippen LogP) is 3.73. The minimum atomic E-state index is -0.513. The predicted molar refractivity (Wildman–Crippen MR) is 98.6 cm³/mol. The van der Waals surface area contributed by atoms with Gasteiger partial charge in [0.25, 0.3) is 0 Å². The molecule has 0 saturated carbocycles. The van der Waals surface area contributed by atoms with Crippen molar-refractivity contribution in [3.8, 4) is 0 Å². The Morgan fingerprint density at radius 2 is 1.41 bits per heavy atom. The van der Waals surface area contributed by atoms with E-state index in [-0.39, 0.29) is 37.1 Å². The first-order valence-corrected chi connectivity index (χ1v) is 8.58. The van der Waals surface area contributed by atoms with Gasteiger partial charge in [0, 0.05) is 25.7 Å². The van der Waals surface area contributed by atoms with E-state index in [1.807, 2.05) is 0 Å². The molecule has 2 N–H and O–H groups in total. The maximum atomic E-state index is 13.7. The van der Waals surface area contributed by atoms with Crippen LogP contribution in [0.25, 0.3) is 0 Å². The molecule has 27 heavy (non-hydrogen) atoms. The Balaban J connectivity index is 1.58. The second kappa shape index (κ2) is 8.03. The molecule has 1 fully saturated rings. The van der Waals surface area contributed by atoms with E-state index in [0.29, 0.717) is 0 Å². The molecule has 6 nitrogen and oxygen atoms in total. The van der Waals surface area contributed by atoms with E-state index in [4.69, 9.17) is 0 Å². The van der Waals surface area contributed by atoms with E-state index < -0.39 is 23.7 Å². The fourth-order valence-corrected chi connectivity index (χ4v) is 2.95. The van der Waals surface area contributed by atoms with E-state index in [0.717, 1.165) is 0 Å². The number of piperazine rings is 1. The maximum absolute atomic E-state index is 13.7. The molecule has 2 aromatic carbocycles. The number of nitrogens with one attached hydrogen (secondary N) is 2. The minimum Gasteiger partial charge on any atom is -0.321 e. The molecule has 1 aliphatic rings. The molecule has 4 amide bonds. The SMILES string of the molecule is CC1CN(C(=O)Nc2ccccc2F)CCN1C(=O)Nc1ccccc1F. The number of hydrogen-bond acceptors (Lipinski definition) is 2. The van der Waals surface area contributed by atoms with E-state index in [1.165, 1.54) is 29.2 Å². The molecule has 8 heteroatoms. The van der Waals surface area contributed by atoms with Gasteiger partial charge in [-0.05, 0) is 31.2 Å². The Bertz CT molecular complexity index is 846. The summed E-state index contributed by atoms with van der Waals surface area (Å²) < 4.78 is 27.4.